The molecule has 1 aromatic heterocycles. The molecule has 0 N–H and O–H groups in total. The molecule has 114 valence electrons. The second-order valence-electron chi connectivity index (χ2n) is 5.29. The first-order valence-corrected chi connectivity index (χ1v) is 9.60. The largest absolute Gasteiger partial charge is 0.299 e. The molecule has 1 heterocycles. The van der Waals surface area contributed by atoms with Gasteiger partial charge in [-0.1, -0.05) is 62.9 Å². The lowest BCUT2D eigenvalue weighted by atomic mass is 10.1. The lowest BCUT2D eigenvalue weighted by Gasteiger charge is -2.00. The van der Waals surface area contributed by atoms with Gasteiger partial charge in [-0.25, -0.2) is 4.98 Å². The molecule has 2 rings (SSSR count). The number of para-hydroxylation sites is 1. The number of thioether (sulfide) groups is 1. The predicted molar refractivity (Wildman–Crippen MR) is 93.3 cm³/mol. The number of nitrogens with zero attached hydrogens (tertiary/aromatic N) is 1. The molecule has 0 unspecified atom stereocenters. The minimum absolute atomic E-state index is 0.356. The number of aromatic nitrogens is 1. The Morgan fingerprint density at radius 2 is 1.90 bits per heavy atom. The van der Waals surface area contributed by atoms with Crippen LogP contribution in [0.4, 0.5) is 0 Å². The number of fused-ring (bicyclic) bond motifs is 1. The van der Waals surface area contributed by atoms with Crippen LogP contribution in [0.2, 0.25) is 0 Å². The van der Waals surface area contributed by atoms with Crippen molar-refractivity contribution in [1.82, 2.24) is 4.98 Å². The van der Waals surface area contributed by atoms with Gasteiger partial charge in [0.2, 0.25) is 0 Å². The molecule has 0 aliphatic carbocycles. The monoisotopic (exact) mass is 321 g/mol. The Morgan fingerprint density at radius 1 is 1.14 bits per heavy atom. The van der Waals surface area contributed by atoms with Crippen LogP contribution < -0.4 is 0 Å². The Hall–Kier alpha value is -0.870. The molecule has 0 fully saturated rings. The van der Waals surface area contributed by atoms with Crippen molar-refractivity contribution in [2.45, 2.75) is 56.2 Å². The fourth-order valence-corrected chi connectivity index (χ4v) is 4.20. The molecule has 0 aliphatic rings. The molecule has 2 nitrogen and oxygen atoms in total. The molecule has 2 aromatic rings. The van der Waals surface area contributed by atoms with E-state index in [1.807, 2.05) is 18.2 Å². The molecule has 0 saturated carbocycles. The molecule has 21 heavy (non-hydrogen) atoms. The van der Waals surface area contributed by atoms with Gasteiger partial charge in [0.05, 0.1) is 16.0 Å². The number of hydrogen-bond acceptors (Lipinski definition) is 4. The van der Waals surface area contributed by atoms with Gasteiger partial charge in [0, 0.05) is 6.42 Å². The van der Waals surface area contributed by atoms with Crippen molar-refractivity contribution in [3.8, 4) is 0 Å². The maximum atomic E-state index is 11.9. The van der Waals surface area contributed by atoms with Gasteiger partial charge in [-0.3, -0.25) is 4.79 Å². The highest BCUT2D eigenvalue weighted by molar-refractivity contribution is 8.01. The van der Waals surface area contributed by atoms with Crippen LogP contribution >= 0.6 is 23.1 Å². The number of Topliss-reactive ketones (excluding diaryl/α,β-unsaturated/α-hetero) is 1. The third kappa shape index (κ3) is 5.79. The Balaban J connectivity index is 1.64. The van der Waals surface area contributed by atoms with Gasteiger partial charge in [-0.15, -0.1) is 11.3 Å². The van der Waals surface area contributed by atoms with Crippen molar-refractivity contribution in [1.29, 1.82) is 0 Å². The number of ketones is 1. The van der Waals surface area contributed by atoms with E-state index in [2.05, 4.69) is 18.0 Å². The second kappa shape index (κ2) is 9.21. The standard InChI is InChI=1S/C17H23NOS2/c1-2-3-4-5-6-7-10-14(19)13-20-17-18-15-11-8-9-12-16(15)21-17/h8-9,11-12H,2-7,10,13H2,1H3. The van der Waals surface area contributed by atoms with E-state index in [-0.39, 0.29) is 0 Å². The quantitative estimate of drug-likeness (QED) is 0.415. The van der Waals surface area contributed by atoms with Crippen molar-refractivity contribution in [3.05, 3.63) is 24.3 Å². The van der Waals surface area contributed by atoms with Crippen LogP contribution in [0.1, 0.15) is 51.9 Å². The first-order valence-electron chi connectivity index (χ1n) is 7.79. The smallest absolute Gasteiger partial charge is 0.151 e. The van der Waals surface area contributed by atoms with Gasteiger partial charge in [-0.2, -0.15) is 0 Å². The van der Waals surface area contributed by atoms with Crippen LogP contribution in [0, 0.1) is 0 Å². The Morgan fingerprint density at radius 3 is 2.71 bits per heavy atom. The number of carbonyl (C=O) groups excluding carboxylic acids is 1. The lowest BCUT2D eigenvalue weighted by Crippen LogP contribution is -2.00. The highest BCUT2D eigenvalue weighted by Crippen LogP contribution is 2.29. The minimum Gasteiger partial charge on any atom is -0.299 e. The zero-order chi connectivity index (χ0) is 14.9. The lowest BCUT2D eigenvalue weighted by molar-refractivity contribution is -0.116. The molecule has 0 spiro atoms. The molecule has 1 aromatic carbocycles. The van der Waals surface area contributed by atoms with Crippen LogP contribution in [-0.4, -0.2) is 16.5 Å². The van der Waals surface area contributed by atoms with Crippen molar-refractivity contribution in [2.75, 3.05) is 5.75 Å². The summed E-state index contributed by atoms with van der Waals surface area (Å²) in [4.78, 5) is 16.4. The molecule has 4 heteroatoms. The summed E-state index contributed by atoms with van der Waals surface area (Å²) < 4.78 is 2.20. The molecule has 0 saturated heterocycles. The summed E-state index contributed by atoms with van der Waals surface area (Å²) in [6, 6.07) is 8.13. The van der Waals surface area contributed by atoms with Crippen LogP contribution in [-0.2, 0) is 4.79 Å². The Labute approximate surface area is 135 Å². The molecular formula is C17H23NOS2. The normalized spacial score (nSPS) is 11.1. The maximum Gasteiger partial charge on any atom is 0.151 e. The van der Waals surface area contributed by atoms with Gasteiger partial charge in [0.25, 0.3) is 0 Å². The fraction of sp³-hybridized carbons (Fsp3) is 0.529. The minimum atomic E-state index is 0.356. The SMILES string of the molecule is CCCCCCCCC(=O)CSc1nc2ccccc2s1. The summed E-state index contributed by atoms with van der Waals surface area (Å²) >= 11 is 3.26. The van der Waals surface area contributed by atoms with E-state index < -0.39 is 0 Å². The van der Waals surface area contributed by atoms with E-state index in [0.717, 1.165) is 22.7 Å². The van der Waals surface area contributed by atoms with Gasteiger partial charge in [-0.05, 0) is 18.6 Å². The summed E-state index contributed by atoms with van der Waals surface area (Å²) in [7, 11) is 0. The molecule has 0 atom stereocenters. The summed E-state index contributed by atoms with van der Waals surface area (Å²) in [5.41, 5.74) is 1.04. The maximum absolute atomic E-state index is 11.9. The van der Waals surface area contributed by atoms with Crippen molar-refractivity contribution in [3.63, 3.8) is 0 Å². The number of rotatable bonds is 10. The van der Waals surface area contributed by atoms with Crippen LogP contribution in [0.25, 0.3) is 10.2 Å². The molecule has 0 bridgehead atoms. The zero-order valence-corrected chi connectivity index (χ0v) is 14.3. The van der Waals surface area contributed by atoms with E-state index >= 15 is 0 Å². The van der Waals surface area contributed by atoms with Crippen LogP contribution in [0.3, 0.4) is 0 Å². The van der Waals surface area contributed by atoms with E-state index in [4.69, 9.17) is 0 Å². The van der Waals surface area contributed by atoms with E-state index in [1.165, 1.54) is 36.8 Å². The summed E-state index contributed by atoms with van der Waals surface area (Å²) in [5, 5.41) is 0. The number of benzene rings is 1. The first-order chi connectivity index (χ1) is 10.3. The van der Waals surface area contributed by atoms with Gasteiger partial charge >= 0.3 is 0 Å². The van der Waals surface area contributed by atoms with Gasteiger partial charge in [0.15, 0.2) is 4.34 Å². The Kier molecular flexibility index (Phi) is 7.24. The average Bonchev–Trinajstić information content (AvgIpc) is 2.91. The molecule has 0 radical (unpaired) electrons. The van der Waals surface area contributed by atoms with Crippen molar-refractivity contribution >= 4 is 39.1 Å². The summed E-state index contributed by atoms with van der Waals surface area (Å²) in [6.07, 6.45) is 8.14. The average molecular weight is 322 g/mol. The fourth-order valence-electron chi connectivity index (χ4n) is 2.23. The van der Waals surface area contributed by atoms with E-state index in [0.29, 0.717) is 11.5 Å². The summed E-state index contributed by atoms with van der Waals surface area (Å²) in [5.74, 6) is 0.921. The molecule has 0 amide bonds. The first kappa shape index (κ1) is 16.5. The summed E-state index contributed by atoms with van der Waals surface area (Å²) in [6.45, 7) is 2.22. The van der Waals surface area contributed by atoms with Gasteiger partial charge in [0.1, 0.15) is 5.78 Å². The molecule has 0 aliphatic heterocycles. The number of thiazole rings is 1. The number of unbranched alkanes of at least 4 members (excludes halogenated alkanes) is 5. The topological polar surface area (TPSA) is 30.0 Å². The second-order valence-corrected chi connectivity index (χ2v) is 7.55. The van der Waals surface area contributed by atoms with Crippen molar-refractivity contribution in [2.24, 2.45) is 0 Å². The number of carbonyl (C=O) groups is 1. The number of hydrogen-bond donors (Lipinski definition) is 0. The zero-order valence-electron chi connectivity index (χ0n) is 12.6. The van der Waals surface area contributed by atoms with Crippen molar-refractivity contribution < 1.29 is 4.79 Å². The van der Waals surface area contributed by atoms with Gasteiger partial charge < -0.3 is 0 Å². The predicted octanol–water partition coefficient (Wildman–Crippen LogP) is 5.71. The Bertz CT molecular complexity index is 532. The van der Waals surface area contributed by atoms with E-state index in [1.54, 1.807) is 23.1 Å². The van der Waals surface area contributed by atoms with Crippen LogP contribution in [0.15, 0.2) is 28.6 Å². The van der Waals surface area contributed by atoms with Crippen LogP contribution in [0.5, 0.6) is 0 Å². The third-order valence-electron chi connectivity index (χ3n) is 3.44. The third-order valence-corrected chi connectivity index (χ3v) is 5.68. The molecular weight excluding hydrogens is 298 g/mol. The highest BCUT2D eigenvalue weighted by Gasteiger charge is 2.07. The highest BCUT2D eigenvalue weighted by atomic mass is 32.2. The van der Waals surface area contributed by atoms with E-state index in [9.17, 15) is 4.79 Å².